The number of hydrogen-bond acceptors (Lipinski definition) is 7. The molecule has 7 nitrogen and oxygen atoms in total. The van der Waals surface area contributed by atoms with Crippen LogP contribution in [0.15, 0.2) is 130 Å². The zero-order chi connectivity index (χ0) is 31.8. The van der Waals surface area contributed by atoms with E-state index in [2.05, 4.69) is 34.5 Å². The molecule has 0 spiro atoms. The Balaban J connectivity index is 1.33. The normalized spacial score (nSPS) is 12.8. The highest BCUT2D eigenvalue weighted by Crippen LogP contribution is 2.53. The molecule has 0 amide bonds. The molecule has 3 N–H and O–H groups in total. The second-order valence-corrected chi connectivity index (χ2v) is 12.4. The summed E-state index contributed by atoms with van der Waals surface area (Å²) in [4.78, 5) is 17.4. The summed E-state index contributed by atoms with van der Waals surface area (Å²) < 4.78 is 7.13. The van der Waals surface area contributed by atoms with Crippen molar-refractivity contribution >= 4 is 39.7 Å². The van der Waals surface area contributed by atoms with Crippen LogP contribution in [0, 0.1) is 6.92 Å². The lowest BCUT2D eigenvalue weighted by Crippen LogP contribution is -2.32. The first-order valence-electron chi connectivity index (χ1n) is 15.1. The molecule has 1 aromatic heterocycles. The van der Waals surface area contributed by atoms with Gasteiger partial charge >= 0.3 is 0 Å². The van der Waals surface area contributed by atoms with Crippen molar-refractivity contribution in [3.8, 4) is 17.2 Å². The molecule has 230 valence electrons. The zero-order valence-corrected chi connectivity index (χ0v) is 26.3. The predicted octanol–water partition coefficient (Wildman–Crippen LogP) is 8.39. The number of anilines is 3. The first-order chi connectivity index (χ1) is 22.4. The summed E-state index contributed by atoms with van der Waals surface area (Å²) in [6.45, 7) is 2.23. The van der Waals surface area contributed by atoms with Crippen molar-refractivity contribution in [2.24, 2.45) is 0 Å². The smallest absolute Gasteiger partial charge is 0.251 e. The first kappa shape index (κ1) is 29.4. The third-order valence-corrected chi connectivity index (χ3v) is 9.55. The van der Waals surface area contributed by atoms with Gasteiger partial charge in [0.05, 0.1) is 24.0 Å². The van der Waals surface area contributed by atoms with Crippen LogP contribution in [0.5, 0.6) is 17.2 Å². The quantitative estimate of drug-likeness (QED) is 0.156. The molecule has 7 rings (SSSR count). The number of aromatic hydroxyl groups is 2. The number of nitrogens with one attached hydrogen (secondary N) is 1. The van der Waals surface area contributed by atoms with Crippen LogP contribution in [-0.2, 0) is 13.0 Å². The second kappa shape index (κ2) is 12.2. The number of fused-ring (bicyclic) bond motifs is 3. The van der Waals surface area contributed by atoms with E-state index in [9.17, 15) is 15.0 Å². The maximum Gasteiger partial charge on any atom is 0.251 e. The maximum absolute atomic E-state index is 13.1. The van der Waals surface area contributed by atoms with E-state index in [1.807, 2.05) is 79.7 Å². The molecule has 6 aromatic rings. The van der Waals surface area contributed by atoms with Gasteiger partial charge in [-0.05, 0) is 90.7 Å². The van der Waals surface area contributed by atoms with Gasteiger partial charge in [0.15, 0.2) is 0 Å². The summed E-state index contributed by atoms with van der Waals surface area (Å²) >= 11 is 1.62. The Morgan fingerprint density at radius 3 is 2.37 bits per heavy atom. The lowest BCUT2D eigenvalue weighted by Gasteiger charge is -2.40. The average molecular weight is 628 g/mol. The van der Waals surface area contributed by atoms with E-state index < -0.39 is 0 Å². The minimum absolute atomic E-state index is 0.102. The Kier molecular flexibility index (Phi) is 7.80. The van der Waals surface area contributed by atoms with Crippen LogP contribution in [0.25, 0.3) is 10.9 Å². The van der Waals surface area contributed by atoms with E-state index in [4.69, 9.17) is 4.74 Å². The van der Waals surface area contributed by atoms with Gasteiger partial charge in [0.25, 0.3) is 5.56 Å². The molecule has 1 aliphatic rings. The third kappa shape index (κ3) is 5.52. The highest BCUT2D eigenvalue weighted by Gasteiger charge is 2.31. The molecule has 8 heteroatoms. The van der Waals surface area contributed by atoms with Gasteiger partial charge in [0, 0.05) is 39.5 Å². The molecular weight excluding hydrogens is 595 g/mol. The summed E-state index contributed by atoms with van der Waals surface area (Å²) in [5.41, 5.74) is 6.08. The molecule has 0 fully saturated rings. The van der Waals surface area contributed by atoms with Crippen molar-refractivity contribution in [1.82, 2.24) is 4.57 Å². The number of aromatic nitrogens is 1. The second-order valence-electron chi connectivity index (χ2n) is 11.3. The number of ether oxygens (including phenoxy) is 1. The van der Waals surface area contributed by atoms with Crippen molar-refractivity contribution in [2.75, 3.05) is 17.3 Å². The number of phenolic OH excluding ortho intramolecular Hbond substituents is 2. The molecule has 1 aliphatic heterocycles. The molecular formula is C38H33N3O4S. The van der Waals surface area contributed by atoms with Crippen molar-refractivity contribution in [1.29, 1.82) is 0 Å². The summed E-state index contributed by atoms with van der Waals surface area (Å²) in [7, 11) is 1.66. The number of pyridine rings is 1. The van der Waals surface area contributed by atoms with E-state index in [0.717, 1.165) is 54.7 Å². The minimum atomic E-state index is -0.307. The zero-order valence-electron chi connectivity index (χ0n) is 25.5. The number of benzene rings is 5. The van der Waals surface area contributed by atoms with Crippen LogP contribution in [-0.4, -0.2) is 21.9 Å². The Hall–Kier alpha value is -5.34. The van der Waals surface area contributed by atoms with Crippen molar-refractivity contribution < 1.29 is 14.9 Å². The molecule has 5 aromatic carbocycles. The molecule has 1 atom stereocenters. The topological polar surface area (TPSA) is 87.0 Å². The van der Waals surface area contributed by atoms with Crippen LogP contribution in [0.4, 0.5) is 17.1 Å². The Morgan fingerprint density at radius 1 is 0.826 bits per heavy atom. The van der Waals surface area contributed by atoms with Crippen molar-refractivity contribution in [3.05, 3.63) is 142 Å². The van der Waals surface area contributed by atoms with Crippen LogP contribution in [0.1, 0.15) is 22.9 Å². The number of hydrogen-bond donors (Lipinski definition) is 3. The third-order valence-electron chi connectivity index (χ3n) is 8.44. The van der Waals surface area contributed by atoms with Gasteiger partial charge < -0.3 is 29.7 Å². The standard InChI is InChI=1S/C38H33N3O4S/c1-24-20-37(44)40(32-22-28(42)14-17-30(24)32)19-18-26-21-33-36(23-34(26)43)46-35-11-7-6-10-31(35)41(33)38(39-27-8-4-3-5-9-27)25-12-15-29(45-2)16-13-25/h3-17,20-23,38-39,42-43H,18-19H2,1-2H3. The number of para-hydroxylation sites is 2. The lowest BCUT2D eigenvalue weighted by atomic mass is 10.0. The SMILES string of the molecule is COc1ccc(C(Nc2ccccc2)N2c3ccccc3Sc3cc(O)c(CCn4c(=O)cc(C)c5ccc(O)cc54)cc32)cc1. The van der Waals surface area contributed by atoms with Gasteiger partial charge in [-0.15, -0.1) is 0 Å². The molecule has 46 heavy (non-hydrogen) atoms. The van der Waals surface area contributed by atoms with Crippen LogP contribution >= 0.6 is 11.8 Å². The fraction of sp³-hybridized carbons (Fsp3) is 0.132. The first-order valence-corrected chi connectivity index (χ1v) is 15.9. The molecule has 0 aliphatic carbocycles. The summed E-state index contributed by atoms with van der Waals surface area (Å²) in [5.74, 6) is 1.05. The molecule has 2 heterocycles. The highest BCUT2D eigenvalue weighted by atomic mass is 32.2. The highest BCUT2D eigenvalue weighted by molar-refractivity contribution is 7.99. The lowest BCUT2D eigenvalue weighted by molar-refractivity contribution is 0.414. The predicted molar refractivity (Wildman–Crippen MR) is 185 cm³/mol. The van der Waals surface area contributed by atoms with Crippen LogP contribution < -0.4 is 20.5 Å². The largest absolute Gasteiger partial charge is 0.508 e. The Bertz CT molecular complexity index is 2110. The van der Waals surface area contributed by atoms with E-state index >= 15 is 0 Å². The van der Waals surface area contributed by atoms with Gasteiger partial charge in [-0.3, -0.25) is 4.79 Å². The number of nitrogens with zero attached hydrogens (tertiary/aromatic N) is 2. The van der Waals surface area contributed by atoms with Crippen LogP contribution in [0.2, 0.25) is 0 Å². The molecule has 1 unspecified atom stereocenters. The molecule has 0 saturated heterocycles. The fourth-order valence-electron chi connectivity index (χ4n) is 6.11. The summed E-state index contributed by atoms with van der Waals surface area (Å²) in [6.07, 6.45) is 0.102. The fourth-order valence-corrected chi connectivity index (χ4v) is 7.20. The van der Waals surface area contributed by atoms with Crippen LogP contribution in [0.3, 0.4) is 0 Å². The van der Waals surface area contributed by atoms with E-state index in [0.29, 0.717) is 18.5 Å². The van der Waals surface area contributed by atoms with Gasteiger partial charge in [-0.25, -0.2) is 0 Å². The van der Waals surface area contributed by atoms with Gasteiger partial charge in [0.1, 0.15) is 23.4 Å². The van der Waals surface area contributed by atoms with Crippen molar-refractivity contribution in [2.45, 2.75) is 35.8 Å². The van der Waals surface area contributed by atoms with Gasteiger partial charge in [-0.1, -0.05) is 54.2 Å². The molecule has 0 radical (unpaired) electrons. The minimum Gasteiger partial charge on any atom is -0.508 e. The number of aryl methyl sites for hydroxylation is 3. The Morgan fingerprint density at radius 2 is 1.59 bits per heavy atom. The van der Waals surface area contributed by atoms with Crippen molar-refractivity contribution in [3.63, 3.8) is 0 Å². The number of rotatable bonds is 8. The molecule has 0 saturated carbocycles. The average Bonchev–Trinajstić information content (AvgIpc) is 3.07. The monoisotopic (exact) mass is 627 g/mol. The summed E-state index contributed by atoms with van der Waals surface area (Å²) in [6, 6.07) is 37.0. The van der Waals surface area contributed by atoms with E-state index in [-0.39, 0.29) is 23.2 Å². The van der Waals surface area contributed by atoms with Gasteiger partial charge in [-0.2, -0.15) is 0 Å². The van der Waals surface area contributed by atoms with E-state index in [1.165, 1.54) is 0 Å². The number of phenols is 2. The van der Waals surface area contributed by atoms with E-state index in [1.54, 1.807) is 41.6 Å². The Labute approximate surface area is 271 Å². The maximum atomic E-state index is 13.1. The van der Waals surface area contributed by atoms with Gasteiger partial charge in [0.2, 0.25) is 0 Å². The molecule has 0 bridgehead atoms. The summed E-state index contributed by atoms with van der Waals surface area (Å²) in [5, 5.41) is 26.2. The number of methoxy groups -OCH3 is 1.